The highest BCUT2D eigenvalue weighted by atomic mass is 16.3. The zero-order valence-electron chi connectivity index (χ0n) is 17.6. The smallest absolute Gasteiger partial charge is 0.123 e. The Balaban J connectivity index is 2.40. The van der Waals surface area contributed by atoms with Crippen LogP contribution in [0, 0.1) is 0 Å². The lowest BCUT2D eigenvalue weighted by Crippen LogP contribution is -2.16. The Kier molecular flexibility index (Phi) is 5.08. The van der Waals surface area contributed by atoms with Crippen LogP contribution in [0.4, 0.5) is 0 Å². The summed E-state index contributed by atoms with van der Waals surface area (Å²) in [5.74, 6) is 0.384. The van der Waals surface area contributed by atoms with E-state index in [4.69, 9.17) is 0 Å². The monoisotopic (exact) mass is 360 g/mol. The van der Waals surface area contributed by atoms with Crippen LogP contribution in [0.25, 0.3) is 21.9 Å². The molecule has 142 valence electrons. The largest absolute Gasteiger partial charge is 0.507 e. The molecule has 0 fully saturated rings. The van der Waals surface area contributed by atoms with Gasteiger partial charge in [0, 0.05) is 5.39 Å². The second kappa shape index (κ2) is 7.03. The molecule has 3 aromatic carbocycles. The molecule has 3 aromatic rings. The second-order valence-corrected chi connectivity index (χ2v) is 8.96. The van der Waals surface area contributed by atoms with E-state index in [-0.39, 0.29) is 10.8 Å². The number of phenols is 1. The Labute approximate surface area is 164 Å². The fourth-order valence-electron chi connectivity index (χ4n) is 3.49. The van der Waals surface area contributed by atoms with Crippen molar-refractivity contribution in [1.82, 2.24) is 0 Å². The summed E-state index contributed by atoms with van der Waals surface area (Å²) < 4.78 is 0. The van der Waals surface area contributed by atoms with Gasteiger partial charge in [0.1, 0.15) is 5.75 Å². The molecule has 0 radical (unpaired) electrons. The molecule has 0 spiro atoms. The van der Waals surface area contributed by atoms with Crippen LogP contribution in [-0.4, -0.2) is 5.11 Å². The number of phenolic OH excluding ortho intramolecular Hbond substituents is 1. The molecule has 0 amide bonds. The molecule has 0 bridgehead atoms. The quantitative estimate of drug-likeness (QED) is 0.497. The van der Waals surface area contributed by atoms with Gasteiger partial charge in [0.2, 0.25) is 0 Å². The third-order valence-corrected chi connectivity index (χ3v) is 6.46. The molecule has 0 heterocycles. The van der Waals surface area contributed by atoms with Crippen LogP contribution in [0.3, 0.4) is 0 Å². The number of fused-ring (bicyclic) bond motifs is 1. The summed E-state index contributed by atoms with van der Waals surface area (Å²) in [4.78, 5) is 0. The molecule has 1 nitrogen and oxygen atoms in total. The van der Waals surface area contributed by atoms with Gasteiger partial charge in [-0.1, -0.05) is 71.9 Å². The third-order valence-electron chi connectivity index (χ3n) is 6.46. The maximum absolute atomic E-state index is 10.9. The van der Waals surface area contributed by atoms with Crippen molar-refractivity contribution in [2.45, 2.75) is 65.2 Å². The molecule has 27 heavy (non-hydrogen) atoms. The molecule has 1 heteroatoms. The van der Waals surface area contributed by atoms with Gasteiger partial charge in [-0.25, -0.2) is 0 Å². The molecule has 0 aliphatic carbocycles. The Morgan fingerprint density at radius 1 is 0.704 bits per heavy atom. The minimum atomic E-state index is 0.0288. The van der Waals surface area contributed by atoms with Crippen molar-refractivity contribution in [2.24, 2.45) is 0 Å². The van der Waals surface area contributed by atoms with Crippen molar-refractivity contribution >= 4 is 10.8 Å². The number of hydrogen-bond donors (Lipinski definition) is 1. The molecule has 1 N–H and O–H groups in total. The molecule has 0 saturated heterocycles. The number of aromatic hydroxyl groups is 1. The highest BCUT2D eigenvalue weighted by Crippen LogP contribution is 2.41. The van der Waals surface area contributed by atoms with E-state index in [1.807, 2.05) is 6.07 Å². The van der Waals surface area contributed by atoms with Crippen molar-refractivity contribution < 1.29 is 5.11 Å². The fraction of sp³-hybridized carbons (Fsp3) is 0.385. The maximum Gasteiger partial charge on any atom is 0.123 e. The fourth-order valence-corrected chi connectivity index (χ4v) is 3.49. The lowest BCUT2D eigenvalue weighted by molar-refractivity contribution is 0.469. The average molecular weight is 361 g/mol. The first-order valence-electron chi connectivity index (χ1n) is 10.1. The predicted molar refractivity (Wildman–Crippen MR) is 118 cm³/mol. The van der Waals surface area contributed by atoms with Crippen LogP contribution in [0.2, 0.25) is 0 Å². The van der Waals surface area contributed by atoms with E-state index in [9.17, 15) is 5.11 Å². The van der Waals surface area contributed by atoms with E-state index in [1.54, 1.807) is 0 Å². The van der Waals surface area contributed by atoms with Gasteiger partial charge in [-0.15, -0.1) is 0 Å². The van der Waals surface area contributed by atoms with Crippen LogP contribution in [0.5, 0.6) is 5.75 Å². The first-order valence-corrected chi connectivity index (χ1v) is 10.1. The van der Waals surface area contributed by atoms with Gasteiger partial charge in [-0.2, -0.15) is 0 Å². The minimum Gasteiger partial charge on any atom is -0.507 e. The van der Waals surface area contributed by atoms with Crippen molar-refractivity contribution in [1.29, 1.82) is 0 Å². The molecule has 3 rings (SSSR count). The first kappa shape index (κ1) is 19.5. The average Bonchev–Trinajstić information content (AvgIpc) is 2.67. The van der Waals surface area contributed by atoms with Crippen LogP contribution >= 0.6 is 0 Å². The zero-order chi connectivity index (χ0) is 19.8. The van der Waals surface area contributed by atoms with Crippen molar-refractivity contribution in [3.05, 3.63) is 65.7 Å². The van der Waals surface area contributed by atoms with Crippen LogP contribution < -0.4 is 0 Å². The molecule has 0 unspecified atom stereocenters. The summed E-state index contributed by atoms with van der Waals surface area (Å²) in [6, 6.07) is 19.3. The normalized spacial score (nSPS) is 12.5. The van der Waals surface area contributed by atoms with Gasteiger partial charge in [-0.3, -0.25) is 0 Å². The summed E-state index contributed by atoms with van der Waals surface area (Å²) in [5.41, 5.74) is 4.95. The van der Waals surface area contributed by atoms with Gasteiger partial charge in [-0.05, 0) is 75.6 Å². The van der Waals surface area contributed by atoms with E-state index in [0.29, 0.717) is 5.75 Å². The van der Waals surface area contributed by atoms with Crippen molar-refractivity contribution in [3.63, 3.8) is 0 Å². The van der Waals surface area contributed by atoms with E-state index in [0.717, 1.165) is 23.6 Å². The summed E-state index contributed by atoms with van der Waals surface area (Å²) in [5, 5.41) is 13.0. The molecule has 0 atom stereocenters. The Bertz CT molecular complexity index is 949. The highest BCUT2D eigenvalue weighted by molar-refractivity contribution is 6.01. The zero-order valence-corrected chi connectivity index (χ0v) is 17.6. The predicted octanol–water partition coefficient (Wildman–Crippen LogP) is 7.59. The van der Waals surface area contributed by atoms with E-state index < -0.39 is 0 Å². The molecule has 0 saturated carbocycles. The van der Waals surface area contributed by atoms with Crippen LogP contribution in [0.15, 0.2) is 54.6 Å². The molecular formula is C26H32O. The van der Waals surface area contributed by atoms with Crippen molar-refractivity contribution in [3.8, 4) is 16.9 Å². The van der Waals surface area contributed by atoms with E-state index in [1.165, 1.54) is 22.3 Å². The third kappa shape index (κ3) is 3.60. The number of benzene rings is 3. The Morgan fingerprint density at radius 2 is 1.22 bits per heavy atom. The van der Waals surface area contributed by atoms with Gasteiger partial charge in [0.25, 0.3) is 0 Å². The Morgan fingerprint density at radius 3 is 1.78 bits per heavy atom. The standard InChI is InChI=1S/C26H32O/c1-7-25(3,4)19-14-21(18-12-10-9-11-13-18)22-15-20(26(5,6)8-2)17-24(27)23(22)16-19/h9-17,27H,7-8H2,1-6H3. The molecular weight excluding hydrogens is 328 g/mol. The number of hydrogen-bond acceptors (Lipinski definition) is 1. The van der Waals surface area contributed by atoms with E-state index >= 15 is 0 Å². The van der Waals surface area contributed by atoms with Gasteiger partial charge in [0.05, 0.1) is 0 Å². The highest BCUT2D eigenvalue weighted by Gasteiger charge is 2.24. The maximum atomic E-state index is 10.9. The second-order valence-electron chi connectivity index (χ2n) is 8.96. The molecule has 0 aliphatic rings. The van der Waals surface area contributed by atoms with Gasteiger partial charge in [0.15, 0.2) is 0 Å². The minimum absolute atomic E-state index is 0.0288. The molecule has 0 aliphatic heterocycles. The van der Waals surface area contributed by atoms with Gasteiger partial charge >= 0.3 is 0 Å². The summed E-state index contributed by atoms with van der Waals surface area (Å²) in [6.07, 6.45) is 2.08. The summed E-state index contributed by atoms with van der Waals surface area (Å²) >= 11 is 0. The van der Waals surface area contributed by atoms with E-state index in [2.05, 4.69) is 90.1 Å². The Hall–Kier alpha value is -2.28. The molecule has 0 aromatic heterocycles. The van der Waals surface area contributed by atoms with Crippen molar-refractivity contribution in [2.75, 3.05) is 0 Å². The summed E-state index contributed by atoms with van der Waals surface area (Å²) in [6.45, 7) is 13.4. The number of rotatable bonds is 5. The SMILES string of the molecule is CCC(C)(C)c1cc(-c2ccccc2)c2cc(C(C)(C)CC)cc(O)c2c1. The van der Waals surface area contributed by atoms with Crippen LogP contribution in [-0.2, 0) is 10.8 Å². The van der Waals surface area contributed by atoms with Gasteiger partial charge < -0.3 is 5.11 Å². The first-order chi connectivity index (χ1) is 12.7. The van der Waals surface area contributed by atoms with Crippen LogP contribution in [0.1, 0.15) is 65.5 Å². The topological polar surface area (TPSA) is 20.2 Å². The lowest BCUT2D eigenvalue weighted by Gasteiger charge is -2.27. The lowest BCUT2D eigenvalue weighted by atomic mass is 9.77. The summed E-state index contributed by atoms with van der Waals surface area (Å²) in [7, 11) is 0.